The Morgan fingerprint density at radius 2 is 2.17 bits per heavy atom. The van der Waals surface area contributed by atoms with Gasteiger partial charge in [-0.2, -0.15) is 0 Å². The SMILES string of the molecule is CC(=O)OC1=CC[C@@]23[C@@H]([C@@H]12)[C@H](C(C)C)CC[C@H]3C. The number of hydrogen-bond acceptors (Lipinski definition) is 2. The monoisotopic (exact) mass is 248 g/mol. The lowest BCUT2D eigenvalue weighted by molar-refractivity contribution is -0.137. The minimum atomic E-state index is -0.157. The molecule has 0 amide bonds. The maximum Gasteiger partial charge on any atom is 0.307 e. The number of rotatable bonds is 2. The first-order valence-corrected chi connectivity index (χ1v) is 7.37. The maximum atomic E-state index is 11.2. The van der Waals surface area contributed by atoms with Gasteiger partial charge in [0.2, 0.25) is 0 Å². The molecule has 18 heavy (non-hydrogen) atoms. The summed E-state index contributed by atoms with van der Waals surface area (Å²) >= 11 is 0. The lowest BCUT2D eigenvalue weighted by Gasteiger charge is -2.35. The Bertz CT molecular complexity index is 409. The molecule has 0 aromatic rings. The molecular weight excluding hydrogens is 224 g/mol. The molecule has 0 saturated heterocycles. The van der Waals surface area contributed by atoms with Gasteiger partial charge in [-0.3, -0.25) is 4.79 Å². The quantitative estimate of drug-likeness (QED) is 0.695. The first kappa shape index (κ1) is 12.3. The van der Waals surface area contributed by atoms with Gasteiger partial charge in [-0.05, 0) is 54.4 Å². The molecule has 1 spiro atoms. The number of hydrogen-bond donors (Lipinski definition) is 0. The molecule has 2 saturated carbocycles. The van der Waals surface area contributed by atoms with Crippen LogP contribution < -0.4 is 0 Å². The van der Waals surface area contributed by atoms with Gasteiger partial charge in [0.25, 0.3) is 0 Å². The maximum absolute atomic E-state index is 11.2. The molecule has 3 aliphatic carbocycles. The van der Waals surface area contributed by atoms with E-state index >= 15 is 0 Å². The molecule has 0 aliphatic heterocycles. The predicted octanol–water partition coefficient (Wildman–Crippen LogP) is 3.77. The smallest absolute Gasteiger partial charge is 0.307 e. The molecule has 3 rings (SSSR count). The molecule has 0 N–H and O–H groups in total. The first-order valence-electron chi connectivity index (χ1n) is 7.37. The number of esters is 1. The Hall–Kier alpha value is -0.790. The van der Waals surface area contributed by atoms with Crippen LogP contribution >= 0.6 is 0 Å². The van der Waals surface area contributed by atoms with Crippen LogP contribution in [-0.4, -0.2) is 5.97 Å². The largest absolute Gasteiger partial charge is 0.431 e. The normalized spacial score (nSPS) is 45.3. The van der Waals surface area contributed by atoms with E-state index in [4.69, 9.17) is 4.74 Å². The van der Waals surface area contributed by atoms with Gasteiger partial charge in [-0.25, -0.2) is 0 Å². The lowest BCUT2D eigenvalue weighted by Crippen LogP contribution is -2.27. The minimum Gasteiger partial charge on any atom is -0.431 e. The van der Waals surface area contributed by atoms with Crippen molar-refractivity contribution in [3.05, 3.63) is 11.8 Å². The van der Waals surface area contributed by atoms with Crippen LogP contribution in [0.4, 0.5) is 0 Å². The zero-order chi connectivity index (χ0) is 13.1. The average molecular weight is 248 g/mol. The van der Waals surface area contributed by atoms with E-state index in [1.165, 1.54) is 19.8 Å². The molecule has 3 aliphatic rings. The molecule has 5 atom stereocenters. The van der Waals surface area contributed by atoms with Crippen LogP contribution in [0.2, 0.25) is 0 Å². The Labute approximate surface area is 110 Å². The molecule has 0 bridgehead atoms. The molecule has 0 aromatic carbocycles. The molecule has 100 valence electrons. The average Bonchev–Trinajstić information content (AvgIpc) is 2.83. The van der Waals surface area contributed by atoms with E-state index in [0.29, 0.717) is 11.3 Å². The second-order valence-electron chi connectivity index (χ2n) is 6.91. The van der Waals surface area contributed by atoms with Gasteiger partial charge in [0, 0.05) is 12.8 Å². The molecule has 2 nitrogen and oxygen atoms in total. The Kier molecular flexibility index (Phi) is 2.62. The van der Waals surface area contributed by atoms with E-state index in [9.17, 15) is 4.79 Å². The molecule has 0 heterocycles. The van der Waals surface area contributed by atoms with Crippen molar-refractivity contribution in [2.24, 2.45) is 35.0 Å². The summed E-state index contributed by atoms with van der Waals surface area (Å²) in [6, 6.07) is 0. The summed E-state index contributed by atoms with van der Waals surface area (Å²) in [5, 5.41) is 0. The van der Waals surface area contributed by atoms with Crippen LogP contribution in [0, 0.1) is 35.0 Å². The fourth-order valence-corrected chi connectivity index (χ4v) is 4.99. The standard InChI is InChI=1S/C16H24O2/c1-9(2)12-6-5-10(3)16-8-7-13(18-11(4)17)15(16)14(12)16/h7,9-10,12,14-15H,5-6,8H2,1-4H3/t10-,12+,14-,15-,16-/m1/s1. The van der Waals surface area contributed by atoms with E-state index in [0.717, 1.165) is 35.9 Å². The Morgan fingerprint density at radius 3 is 2.78 bits per heavy atom. The van der Waals surface area contributed by atoms with Crippen molar-refractivity contribution in [2.45, 2.75) is 47.0 Å². The fourth-order valence-electron chi connectivity index (χ4n) is 4.99. The van der Waals surface area contributed by atoms with Crippen molar-refractivity contribution in [2.75, 3.05) is 0 Å². The summed E-state index contributed by atoms with van der Waals surface area (Å²) in [7, 11) is 0. The molecule has 2 heteroatoms. The van der Waals surface area contributed by atoms with Gasteiger partial charge >= 0.3 is 5.97 Å². The molecular formula is C16H24O2. The second-order valence-corrected chi connectivity index (χ2v) is 6.91. The van der Waals surface area contributed by atoms with Gasteiger partial charge in [-0.15, -0.1) is 0 Å². The number of allylic oxidation sites excluding steroid dienone is 2. The van der Waals surface area contributed by atoms with Crippen LogP contribution in [0.5, 0.6) is 0 Å². The zero-order valence-corrected chi connectivity index (χ0v) is 11.9. The third kappa shape index (κ3) is 1.44. The number of carbonyl (C=O) groups excluding carboxylic acids is 1. The predicted molar refractivity (Wildman–Crippen MR) is 70.6 cm³/mol. The Balaban J connectivity index is 1.85. The highest BCUT2D eigenvalue weighted by Crippen LogP contribution is 2.78. The van der Waals surface area contributed by atoms with Crippen LogP contribution in [0.15, 0.2) is 11.8 Å². The molecule has 0 unspecified atom stereocenters. The van der Waals surface area contributed by atoms with Crippen LogP contribution in [0.3, 0.4) is 0 Å². The van der Waals surface area contributed by atoms with E-state index in [-0.39, 0.29) is 5.97 Å². The van der Waals surface area contributed by atoms with Gasteiger partial charge in [0.15, 0.2) is 0 Å². The van der Waals surface area contributed by atoms with Gasteiger partial charge in [0.05, 0.1) is 0 Å². The highest BCUT2D eigenvalue weighted by molar-refractivity contribution is 5.67. The summed E-state index contributed by atoms with van der Waals surface area (Å²) in [5.74, 6) is 4.52. The van der Waals surface area contributed by atoms with Crippen LogP contribution in [0.1, 0.15) is 47.0 Å². The molecule has 0 radical (unpaired) electrons. The topological polar surface area (TPSA) is 26.3 Å². The summed E-state index contributed by atoms with van der Waals surface area (Å²) < 4.78 is 5.45. The number of ether oxygens (including phenoxy) is 1. The summed E-state index contributed by atoms with van der Waals surface area (Å²) in [4.78, 5) is 11.2. The first-order chi connectivity index (χ1) is 8.48. The highest BCUT2D eigenvalue weighted by atomic mass is 16.5. The number of fused-ring (bicyclic) bond motifs is 1. The van der Waals surface area contributed by atoms with Crippen molar-refractivity contribution in [3.63, 3.8) is 0 Å². The second kappa shape index (κ2) is 3.85. The van der Waals surface area contributed by atoms with Crippen molar-refractivity contribution in [1.82, 2.24) is 0 Å². The summed E-state index contributed by atoms with van der Waals surface area (Å²) in [6.07, 6.45) is 6.02. The third-order valence-electron chi connectivity index (χ3n) is 5.84. The third-order valence-corrected chi connectivity index (χ3v) is 5.84. The van der Waals surface area contributed by atoms with Crippen molar-refractivity contribution in [3.8, 4) is 0 Å². The van der Waals surface area contributed by atoms with Gasteiger partial charge in [0.1, 0.15) is 5.76 Å². The van der Waals surface area contributed by atoms with Crippen molar-refractivity contribution in [1.29, 1.82) is 0 Å². The molecule has 0 aromatic heterocycles. The van der Waals surface area contributed by atoms with Crippen LogP contribution in [0.25, 0.3) is 0 Å². The summed E-state index contributed by atoms with van der Waals surface area (Å²) in [6.45, 7) is 8.60. The molecule has 2 fully saturated rings. The fraction of sp³-hybridized carbons (Fsp3) is 0.812. The van der Waals surface area contributed by atoms with Crippen molar-refractivity contribution >= 4 is 5.97 Å². The lowest BCUT2D eigenvalue weighted by atomic mass is 9.70. The number of carbonyl (C=O) groups is 1. The van der Waals surface area contributed by atoms with Gasteiger partial charge in [-0.1, -0.05) is 20.8 Å². The van der Waals surface area contributed by atoms with E-state index in [1.807, 2.05) is 0 Å². The highest BCUT2D eigenvalue weighted by Gasteiger charge is 2.74. The van der Waals surface area contributed by atoms with E-state index in [1.54, 1.807) is 0 Å². The minimum absolute atomic E-state index is 0.157. The van der Waals surface area contributed by atoms with E-state index < -0.39 is 0 Å². The summed E-state index contributed by atoms with van der Waals surface area (Å²) in [5.41, 5.74) is 0.456. The van der Waals surface area contributed by atoms with Crippen LogP contribution in [-0.2, 0) is 9.53 Å². The van der Waals surface area contributed by atoms with Gasteiger partial charge < -0.3 is 4.74 Å². The zero-order valence-electron chi connectivity index (χ0n) is 11.9. The van der Waals surface area contributed by atoms with E-state index in [2.05, 4.69) is 26.8 Å². The Morgan fingerprint density at radius 1 is 1.44 bits per heavy atom. The van der Waals surface area contributed by atoms with Crippen molar-refractivity contribution < 1.29 is 9.53 Å².